The fourth-order valence-electron chi connectivity index (χ4n) is 10.8. The Kier molecular flexibility index (Phi) is 21.6. The first-order valence-electron chi connectivity index (χ1n) is 25.8. The van der Waals surface area contributed by atoms with Crippen LogP contribution in [0.3, 0.4) is 0 Å². The lowest BCUT2D eigenvalue weighted by atomic mass is 9.81. The van der Waals surface area contributed by atoms with E-state index in [-0.39, 0.29) is 85.1 Å². The van der Waals surface area contributed by atoms with Gasteiger partial charge in [-0.05, 0) is 158 Å². The summed E-state index contributed by atoms with van der Waals surface area (Å²) in [5, 5.41) is 34.0. The summed E-state index contributed by atoms with van der Waals surface area (Å²) in [6, 6.07) is 0. The van der Waals surface area contributed by atoms with Gasteiger partial charge in [0, 0.05) is 45.2 Å². The van der Waals surface area contributed by atoms with E-state index in [4.69, 9.17) is 18.9 Å². The van der Waals surface area contributed by atoms with Crippen molar-refractivity contribution in [2.24, 2.45) is 35.5 Å². The molecular formula is C53H86N2O11. The first-order valence-corrected chi connectivity index (χ1v) is 25.8. The molecule has 4 heterocycles. The van der Waals surface area contributed by atoms with E-state index in [1.807, 2.05) is 20.8 Å². The van der Waals surface area contributed by atoms with Crippen molar-refractivity contribution < 1.29 is 53.4 Å². The largest absolute Gasteiger partial charge is 0.458 e. The van der Waals surface area contributed by atoms with Gasteiger partial charge in [0.15, 0.2) is 11.6 Å². The van der Waals surface area contributed by atoms with Gasteiger partial charge in [-0.2, -0.15) is 0 Å². The van der Waals surface area contributed by atoms with E-state index < -0.39 is 30.3 Å². The number of esters is 1. The van der Waals surface area contributed by atoms with E-state index in [2.05, 4.69) is 32.2 Å². The van der Waals surface area contributed by atoms with Gasteiger partial charge in [-0.25, -0.2) is 4.90 Å². The number of carbonyl (C=O) groups excluding carboxylic acids is 4. The van der Waals surface area contributed by atoms with Crippen molar-refractivity contribution >= 4 is 23.4 Å². The van der Waals surface area contributed by atoms with Crippen LogP contribution in [0.4, 0.5) is 0 Å². The van der Waals surface area contributed by atoms with Gasteiger partial charge >= 0.3 is 5.97 Å². The average Bonchev–Trinajstić information content (AvgIpc) is 3.60. The SMILES string of the molecule is C/C=C/C(=O)C[C@H]1CC[C@H](C)[C@H](CC(=O)CC[C@H](O)[C@@H](C)C(=O)NCCC[C@H]2O[C@@]3(CCC[C@H](CC[C@H](C)/C=C(\C)[C@H](C)OC(=O)C4CCC(CN5C(O)C=CC5O)CC4)O3)CC[C@@H]2C)O1. The number of nitrogens with one attached hydrogen (secondary N) is 1. The van der Waals surface area contributed by atoms with Crippen LogP contribution >= 0.6 is 0 Å². The Balaban J connectivity index is 0.959. The van der Waals surface area contributed by atoms with Crippen molar-refractivity contribution in [1.29, 1.82) is 0 Å². The highest BCUT2D eigenvalue weighted by Gasteiger charge is 2.44. The first kappa shape index (κ1) is 54.2. The molecule has 1 aliphatic carbocycles. The molecule has 4 aliphatic heterocycles. The molecule has 3 saturated heterocycles. The number of hydrogen-bond acceptors (Lipinski definition) is 12. The molecule has 13 atom stereocenters. The lowest BCUT2D eigenvalue weighted by molar-refractivity contribution is -0.324. The Morgan fingerprint density at radius 1 is 0.864 bits per heavy atom. The normalized spacial score (nSPS) is 33.9. The second kappa shape index (κ2) is 26.3. The summed E-state index contributed by atoms with van der Waals surface area (Å²) in [6.07, 6.45) is 19.9. The Morgan fingerprint density at radius 3 is 2.29 bits per heavy atom. The second-order valence-corrected chi connectivity index (χ2v) is 21.0. The highest BCUT2D eigenvalue weighted by molar-refractivity contribution is 5.89. The van der Waals surface area contributed by atoms with Crippen molar-refractivity contribution in [1.82, 2.24) is 10.2 Å². The number of rotatable bonds is 23. The topological polar surface area (TPSA) is 181 Å². The van der Waals surface area contributed by atoms with Crippen LogP contribution < -0.4 is 5.32 Å². The number of Topliss-reactive ketones (excluding diaryl/α,β-unsaturated/α-hetero) is 1. The lowest BCUT2D eigenvalue weighted by Crippen LogP contribution is -2.50. The van der Waals surface area contributed by atoms with Gasteiger partial charge in [0.1, 0.15) is 24.3 Å². The molecule has 4 N–H and O–H groups in total. The highest BCUT2D eigenvalue weighted by Crippen LogP contribution is 2.43. The number of aliphatic hydroxyl groups excluding tert-OH is 3. The summed E-state index contributed by atoms with van der Waals surface area (Å²) in [4.78, 5) is 52.8. The number of nitrogens with zero attached hydrogens (tertiary/aromatic N) is 1. The van der Waals surface area contributed by atoms with Crippen LogP contribution in [0.5, 0.6) is 0 Å². The number of aliphatic hydroxyl groups is 3. The summed E-state index contributed by atoms with van der Waals surface area (Å²) in [7, 11) is 0. The molecular weight excluding hydrogens is 841 g/mol. The van der Waals surface area contributed by atoms with Gasteiger partial charge in [-0.3, -0.25) is 19.2 Å². The van der Waals surface area contributed by atoms with Crippen LogP contribution in [-0.2, 0) is 38.1 Å². The zero-order valence-electron chi connectivity index (χ0n) is 41.4. The Hall–Kier alpha value is -2.78. The Morgan fingerprint density at radius 2 is 1.58 bits per heavy atom. The minimum absolute atomic E-state index is 0.000921. The van der Waals surface area contributed by atoms with Crippen molar-refractivity contribution in [2.45, 2.75) is 225 Å². The minimum atomic E-state index is -0.931. The molecule has 0 aromatic rings. The van der Waals surface area contributed by atoms with Crippen molar-refractivity contribution in [2.75, 3.05) is 13.1 Å². The maximum atomic E-state index is 13.1. The molecule has 1 saturated carbocycles. The molecule has 0 radical (unpaired) electrons. The van der Waals surface area contributed by atoms with E-state index in [0.717, 1.165) is 102 Å². The molecule has 1 amide bonds. The monoisotopic (exact) mass is 927 g/mol. The molecule has 5 aliphatic rings. The third kappa shape index (κ3) is 16.4. The second-order valence-electron chi connectivity index (χ2n) is 21.0. The predicted octanol–water partition coefficient (Wildman–Crippen LogP) is 8.03. The summed E-state index contributed by atoms with van der Waals surface area (Å²) in [5.41, 5.74) is 1.05. The van der Waals surface area contributed by atoms with E-state index >= 15 is 0 Å². The van der Waals surface area contributed by atoms with E-state index in [0.29, 0.717) is 37.3 Å². The van der Waals surface area contributed by atoms with Gasteiger partial charge in [-0.15, -0.1) is 0 Å². The van der Waals surface area contributed by atoms with Gasteiger partial charge in [0.05, 0.1) is 42.4 Å². The van der Waals surface area contributed by atoms with E-state index in [1.54, 1.807) is 36.1 Å². The first-order chi connectivity index (χ1) is 31.4. The summed E-state index contributed by atoms with van der Waals surface area (Å²) in [6.45, 7) is 15.1. The zero-order chi connectivity index (χ0) is 48.0. The number of ketones is 2. The van der Waals surface area contributed by atoms with Crippen molar-refractivity contribution in [3.05, 3.63) is 36.0 Å². The number of ether oxygens (including phenoxy) is 4. The van der Waals surface area contributed by atoms with Gasteiger partial charge < -0.3 is 39.6 Å². The molecule has 374 valence electrons. The third-order valence-corrected chi connectivity index (χ3v) is 15.5. The molecule has 1 spiro atoms. The van der Waals surface area contributed by atoms with Crippen LogP contribution in [0, 0.1) is 35.5 Å². The summed E-state index contributed by atoms with van der Waals surface area (Å²) in [5.74, 6) is -0.441. The number of carbonyl (C=O) groups is 4. The Bertz CT molecular complexity index is 1650. The Labute approximate surface area is 395 Å². The zero-order valence-corrected chi connectivity index (χ0v) is 41.4. The van der Waals surface area contributed by atoms with E-state index in [1.165, 1.54) is 0 Å². The molecule has 0 aromatic heterocycles. The average molecular weight is 927 g/mol. The maximum Gasteiger partial charge on any atom is 0.309 e. The van der Waals surface area contributed by atoms with Crippen LogP contribution in [0.1, 0.15) is 170 Å². The van der Waals surface area contributed by atoms with Crippen LogP contribution in [0.15, 0.2) is 36.0 Å². The molecule has 2 unspecified atom stereocenters. The number of allylic oxidation sites excluding steroid dienone is 3. The van der Waals surface area contributed by atoms with Crippen LogP contribution in [0.25, 0.3) is 0 Å². The van der Waals surface area contributed by atoms with Gasteiger partial charge in [0.25, 0.3) is 0 Å². The minimum Gasteiger partial charge on any atom is -0.458 e. The molecule has 0 bridgehead atoms. The quantitative estimate of drug-likeness (QED) is 0.0336. The number of hydrogen-bond donors (Lipinski definition) is 4. The van der Waals surface area contributed by atoms with Crippen molar-refractivity contribution in [3.8, 4) is 0 Å². The van der Waals surface area contributed by atoms with E-state index in [9.17, 15) is 34.5 Å². The van der Waals surface area contributed by atoms with Crippen LogP contribution in [0.2, 0.25) is 0 Å². The highest BCUT2D eigenvalue weighted by atomic mass is 16.7. The molecule has 0 aromatic carbocycles. The van der Waals surface area contributed by atoms with Crippen LogP contribution in [-0.4, -0.2) is 112 Å². The molecule has 13 heteroatoms. The summed E-state index contributed by atoms with van der Waals surface area (Å²) >= 11 is 0. The summed E-state index contributed by atoms with van der Waals surface area (Å²) < 4.78 is 25.7. The maximum absolute atomic E-state index is 13.1. The van der Waals surface area contributed by atoms with Gasteiger partial charge in [-0.1, -0.05) is 39.8 Å². The van der Waals surface area contributed by atoms with Gasteiger partial charge in [0.2, 0.25) is 5.91 Å². The smallest absolute Gasteiger partial charge is 0.309 e. The lowest BCUT2D eigenvalue weighted by Gasteiger charge is -2.48. The number of amides is 1. The molecule has 13 nitrogen and oxygen atoms in total. The molecule has 66 heavy (non-hydrogen) atoms. The third-order valence-electron chi connectivity index (χ3n) is 15.5. The molecule has 5 rings (SSSR count). The van der Waals surface area contributed by atoms with Crippen molar-refractivity contribution in [3.63, 3.8) is 0 Å². The predicted molar refractivity (Wildman–Crippen MR) is 254 cm³/mol. The fraction of sp³-hybridized carbons (Fsp3) is 0.811. The molecule has 4 fully saturated rings. The standard InChI is InChI=1S/C53H86N2O11/c1-8-11-42(56)31-45-22-15-35(3)48(64-45)32-43(57)20-23-46(58)38(6)51(61)54-29-10-13-47-36(4)26-28-53(66-47)27-9-12-44(65-53)21-14-34(2)30-37(5)39(7)63-52(62)41-18-16-40(17-19-41)33-55-49(59)24-25-50(55)60/h8,11,24-25,30,34-36,38-41,44-50,58-60H,9-10,12-23,26-29,31-33H2,1-7H3,(H,54,61)/b11-8+,37-30+/t34-,35-,36-,38+,39-,40?,41?,44+,45+,46-,47+,48-,49?,50?,53-/m0/s1. The fourth-order valence-corrected chi connectivity index (χ4v) is 10.8.